The van der Waals surface area contributed by atoms with Crippen molar-refractivity contribution < 1.29 is 29.0 Å². The Hall–Kier alpha value is -2.42. The first-order valence-electron chi connectivity index (χ1n) is 7.11. The molecule has 2 rings (SSSR count). The number of hydrogen-bond donors (Lipinski definition) is 3. The zero-order valence-electron chi connectivity index (χ0n) is 13.2. The second-order valence-electron chi connectivity index (χ2n) is 5.04. The van der Waals surface area contributed by atoms with Crippen LogP contribution in [0.25, 0.3) is 0 Å². The van der Waals surface area contributed by atoms with Crippen molar-refractivity contribution in [1.29, 1.82) is 0 Å². The molecule has 0 aliphatic carbocycles. The van der Waals surface area contributed by atoms with Crippen LogP contribution in [0.15, 0.2) is 18.2 Å². The van der Waals surface area contributed by atoms with Gasteiger partial charge in [0.05, 0.1) is 25.2 Å². The number of amides is 2. The summed E-state index contributed by atoms with van der Waals surface area (Å²) in [5, 5.41) is 13.3. The average molecular weight is 354 g/mol. The second-order valence-corrected chi connectivity index (χ2v) is 6.28. The summed E-state index contributed by atoms with van der Waals surface area (Å²) >= 11 is 1.15. The Kier molecular flexibility index (Phi) is 5.91. The van der Waals surface area contributed by atoms with Crippen LogP contribution < -0.4 is 20.1 Å². The molecule has 0 aromatic heterocycles. The first-order valence-corrected chi connectivity index (χ1v) is 8.16. The van der Waals surface area contributed by atoms with E-state index in [0.717, 1.165) is 11.8 Å². The third kappa shape index (κ3) is 4.31. The van der Waals surface area contributed by atoms with Crippen molar-refractivity contribution in [2.45, 2.75) is 17.7 Å². The number of benzene rings is 1. The maximum atomic E-state index is 12.2. The zero-order valence-corrected chi connectivity index (χ0v) is 14.0. The number of carboxylic acids is 1. The number of thioether (sulfide) groups is 1. The molecule has 0 bridgehead atoms. The van der Waals surface area contributed by atoms with Crippen LogP contribution in [0, 0.1) is 0 Å². The van der Waals surface area contributed by atoms with Crippen LogP contribution in [-0.4, -0.2) is 54.2 Å². The molecule has 1 aliphatic rings. The molecule has 1 aliphatic heterocycles. The molecule has 8 nitrogen and oxygen atoms in total. The van der Waals surface area contributed by atoms with Crippen molar-refractivity contribution in [3.05, 3.63) is 18.2 Å². The SMILES string of the molecule is COc1ccc(OC)c(NC(=O)C[C@H]2SC[C@H](C(=O)O)NC2=O)c1. The van der Waals surface area contributed by atoms with Crippen LogP contribution in [0.5, 0.6) is 11.5 Å². The highest BCUT2D eigenvalue weighted by Gasteiger charge is 2.33. The van der Waals surface area contributed by atoms with Crippen molar-refractivity contribution >= 4 is 35.2 Å². The number of ether oxygens (including phenoxy) is 2. The molecule has 3 N–H and O–H groups in total. The normalized spacial score (nSPS) is 20.0. The molecule has 1 fully saturated rings. The summed E-state index contributed by atoms with van der Waals surface area (Å²) in [4.78, 5) is 35.0. The van der Waals surface area contributed by atoms with E-state index in [1.807, 2.05) is 0 Å². The van der Waals surface area contributed by atoms with E-state index in [9.17, 15) is 14.4 Å². The number of methoxy groups -OCH3 is 2. The number of anilines is 1. The van der Waals surface area contributed by atoms with E-state index in [1.54, 1.807) is 18.2 Å². The van der Waals surface area contributed by atoms with Crippen LogP contribution in [0.4, 0.5) is 5.69 Å². The van der Waals surface area contributed by atoms with Gasteiger partial charge in [-0.1, -0.05) is 0 Å². The summed E-state index contributed by atoms with van der Waals surface area (Å²) in [5.74, 6) is -0.660. The van der Waals surface area contributed by atoms with E-state index in [2.05, 4.69) is 10.6 Å². The van der Waals surface area contributed by atoms with Crippen molar-refractivity contribution in [1.82, 2.24) is 5.32 Å². The van der Waals surface area contributed by atoms with E-state index in [0.29, 0.717) is 17.2 Å². The number of carbonyl (C=O) groups is 3. The van der Waals surface area contributed by atoms with Gasteiger partial charge in [0.2, 0.25) is 11.8 Å². The van der Waals surface area contributed by atoms with Gasteiger partial charge in [-0.3, -0.25) is 9.59 Å². The monoisotopic (exact) mass is 354 g/mol. The summed E-state index contributed by atoms with van der Waals surface area (Å²) in [5.41, 5.74) is 0.437. The number of carboxylic acid groups (broad SMARTS) is 1. The van der Waals surface area contributed by atoms with Gasteiger partial charge in [0.15, 0.2) is 0 Å². The van der Waals surface area contributed by atoms with Gasteiger partial charge in [0.1, 0.15) is 17.5 Å². The topological polar surface area (TPSA) is 114 Å². The van der Waals surface area contributed by atoms with Crippen molar-refractivity contribution in [2.75, 3.05) is 25.3 Å². The quantitative estimate of drug-likeness (QED) is 0.689. The lowest BCUT2D eigenvalue weighted by Crippen LogP contribution is -2.51. The van der Waals surface area contributed by atoms with Gasteiger partial charge in [0.25, 0.3) is 0 Å². The summed E-state index contributed by atoms with van der Waals surface area (Å²) in [7, 11) is 2.99. The summed E-state index contributed by atoms with van der Waals surface area (Å²) < 4.78 is 10.3. The highest BCUT2D eigenvalue weighted by Crippen LogP contribution is 2.29. The van der Waals surface area contributed by atoms with E-state index < -0.39 is 23.2 Å². The van der Waals surface area contributed by atoms with Crippen LogP contribution in [-0.2, 0) is 14.4 Å². The predicted octanol–water partition coefficient (Wildman–Crippen LogP) is 0.717. The van der Waals surface area contributed by atoms with Crippen molar-refractivity contribution in [3.8, 4) is 11.5 Å². The minimum absolute atomic E-state index is 0.0663. The lowest BCUT2D eigenvalue weighted by molar-refractivity contribution is -0.141. The third-order valence-corrected chi connectivity index (χ3v) is 4.73. The summed E-state index contributed by atoms with van der Waals surface area (Å²) in [6.07, 6.45) is -0.0663. The highest BCUT2D eigenvalue weighted by molar-refractivity contribution is 8.00. The van der Waals surface area contributed by atoms with Gasteiger partial charge in [-0.2, -0.15) is 0 Å². The third-order valence-electron chi connectivity index (χ3n) is 3.42. The first-order chi connectivity index (χ1) is 11.4. The number of rotatable bonds is 6. The number of aliphatic carboxylic acids is 1. The standard InChI is InChI=1S/C15H18N2O6S/c1-22-8-3-4-11(23-2)9(5-8)16-13(18)6-12-14(19)17-10(7-24-12)15(20)21/h3-5,10,12H,6-7H2,1-2H3,(H,16,18)(H,17,19)(H,20,21)/t10-,12-/m1/s1. The van der Waals surface area contributed by atoms with E-state index in [1.165, 1.54) is 14.2 Å². The minimum Gasteiger partial charge on any atom is -0.497 e. The Morgan fingerprint density at radius 2 is 2.12 bits per heavy atom. The Labute approximate surface area is 142 Å². The summed E-state index contributed by atoms with van der Waals surface area (Å²) in [6.45, 7) is 0. The molecule has 0 spiro atoms. The van der Waals surface area contributed by atoms with Gasteiger partial charge in [0, 0.05) is 18.2 Å². The fourth-order valence-corrected chi connectivity index (χ4v) is 3.30. The molecule has 0 radical (unpaired) electrons. The maximum absolute atomic E-state index is 12.2. The number of hydrogen-bond acceptors (Lipinski definition) is 6. The number of nitrogens with one attached hydrogen (secondary N) is 2. The molecule has 2 atom stereocenters. The lowest BCUT2D eigenvalue weighted by Gasteiger charge is -2.26. The molecule has 9 heteroatoms. The largest absolute Gasteiger partial charge is 0.497 e. The van der Waals surface area contributed by atoms with Crippen molar-refractivity contribution in [3.63, 3.8) is 0 Å². The molecule has 0 saturated carbocycles. The molecule has 24 heavy (non-hydrogen) atoms. The summed E-state index contributed by atoms with van der Waals surface area (Å²) in [6, 6.07) is 4.06. The maximum Gasteiger partial charge on any atom is 0.327 e. The first kappa shape index (κ1) is 17.9. The molecular formula is C15H18N2O6S. The molecule has 0 unspecified atom stereocenters. The fourth-order valence-electron chi connectivity index (χ4n) is 2.16. The Bertz CT molecular complexity index is 651. The smallest absolute Gasteiger partial charge is 0.327 e. The van der Waals surface area contributed by atoms with Gasteiger partial charge in [-0.25, -0.2) is 4.79 Å². The van der Waals surface area contributed by atoms with Crippen LogP contribution in [0.2, 0.25) is 0 Å². The van der Waals surface area contributed by atoms with Crippen LogP contribution >= 0.6 is 11.8 Å². The molecular weight excluding hydrogens is 336 g/mol. The van der Waals surface area contributed by atoms with Gasteiger partial charge in [-0.05, 0) is 12.1 Å². The van der Waals surface area contributed by atoms with Gasteiger partial charge >= 0.3 is 5.97 Å². The molecule has 130 valence electrons. The lowest BCUT2D eigenvalue weighted by atomic mass is 10.2. The number of carbonyl (C=O) groups excluding carboxylic acids is 2. The molecule has 2 amide bonds. The van der Waals surface area contributed by atoms with Gasteiger partial charge < -0.3 is 25.2 Å². The predicted molar refractivity (Wildman–Crippen MR) is 88.6 cm³/mol. The Morgan fingerprint density at radius 3 is 2.71 bits per heavy atom. The van der Waals surface area contributed by atoms with E-state index in [-0.39, 0.29) is 18.1 Å². The van der Waals surface area contributed by atoms with Crippen molar-refractivity contribution in [2.24, 2.45) is 0 Å². The molecule has 1 heterocycles. The molecule has 1 saturated heterocycles. The zero-order chi connectivity index (χ0) is 17.7. The van der Waals surface area contributed by atoms with Crippen LogP contribution in [0.3, 0.4) is 0 Å². The fraction of sp³-hybridized carbons (Fsp3) is 0.400. The van der Waals surface area contributed by atoms with Crippen LogP contribution in [0.1, 0.15) is 6.42 Å². The Morgan fingerprint density at radius 1 is 1.38 bits per heavy atom. The van der Waals surface area contributed by atoms with E-state index in [4.69, 9.17) is 14.6 Å². The average Bonchev–Trinajstić information content (AvgIpc) is 2.56. The second kappa shape index (κ2) is 7.91. The minimum atomic E-state index is -1.08. The van der Waals surface area contributed by atoms with Gasteiger partial charge in [-0.15, -0.1) is 11.8 Å². The van der Waals surface area contributed by atoms with E-state index >= 15 is 0 Å². The molecule has 1 aromatic rings. The Balaban J connectivity index is 1.99. The highest BCUT2D eigenvalue weighted by atomic mass is 32.2. The molecule has 1 aromatic carbocycles.